The quantitative estimate of drug-likeness (QED) is 0.338. The van der Waals surface area contributed by atoms with E-state index in [1.54, 1.807) is 37.5 Å². The van der Waals surface area contributed by atoms with Gasteiger partial charge in [-0.3, -0.25) is 14.2 Å². The third-order valence-corrected chi connectivity index (χ3v) is 4.58. The summed E-state index contributed by atoms with van der Waals surface area (Å²) in [6.07, 6.45) is 1.60. The largest absolute Gasteiger partial charge is 0.497 e. The van der Waals surface area contributed by atoms with E-state index in [0.717, 1.165) is 0 Å². The van der Waals surface area contributed by atoms with Gasteiger partial charge in [0, 0.05) is 18.2 Å². The number of H-pyrrole nitrogens is 1. The van der Waals surface area contributed by atoms with Crippen molar-refractivity contribution in [1.82, 2.24) is 14.9 Å². The van der Waals surface area contributed by atoms with Crippen LogP contribution in [0.1, 0.15) is 10.4 Å². The van der Waals surface area contributed by atoms with Gasteiger partial charge in [-0.15, -0.1) is 6.58 Å². The van der Waals surface area contributed by atoms with Gasteiger partial charge < -0.3 is 19.8 Å². The number of hydrogen-bond acceptors (Lipinski definition) is 5. The first-order chi connectivity index (χ1) is 14.0. The van der Waals surface area contributed by atoms with Crippen molar-refractivity contribution in [3.05, 3.63) is 75.8 Å². The minimum absolute atomic E-state index is 0.220. The number of fused-ring (bicyclic) bond motifs is 1. The predicted molar refractivity (Wildman–Crippen MR) is 114 cm³/mol. The summed E-state index contributed by atoms with van der Waals surface area (Å²) < 4.78 is 12.4. The highest BCUT2D eigenvalue weighted by molar-refractivity contribution is 7.71. The summed E-state index contributed by atoms with van der Waals surface area (Å²) in [6, 6.07) is 12.1. The van der Waals surface area contributed by atoms with E-state index in [-0.39, 0.29) is 16.2 Å². The van der Waals surface area contributed by atoms with Gasteiger partial charge in [-0.1, -0.05) is 12.1 Å². The number of allylic oxidation sites excluding steroid dienone is 1. The van der Waals surface area contributed by atoms with E-state index in [0.29, 0.717) is 47.7 Å². The molecule has 2 aromatic carbocycles. The number of ether oxygens (including phenoxy) is 2. The molecule has 2 N–H and O–H groups in total. The van der Waals surface area contributed by atoms with Gasteiger partial charge in [-0.25, -0.2) is 0 Å². The molecule has 29 heavy (non-hydrogen) atoms. The van der Waals surface area contributed by atoms with Crippen LogP contribution >= 0.6 is 12.2 Å². The summed E-state index contributed by atoms with van der Waals surface area (Å²) in [5.41, 5.74) is 0.716. The molecule has 1 heterocycles. The molecule has 150 valence electrons. The van der Waals surface area contributed by atoms with Crippen LogP contribution in [0.3, 0.4) is 0 Å². The zero-order valence-corrected chi connectivity index (χ0v) is 16.8. The molecule has 0 spiro atoms. The number of carbonyl (C=O) groups excluding carboxylic acids is 1. The van der Waals surface area contributed by atoms with Crippen molar-refractivity contribution in [2.24, 2.45) is 0 Å². The molecule has 0 radical (unpaired) electrons. The number of hydrogen-bond donors (Lipinski definition) is 2. The summed E-state index contributed by atoms with van der Waals surface area (Å²) in [5.74, 6) is 1.09. The van der Waals surface area contributed by atoms with E-state index < -0.39 is 0 Å². The van der Waals surface area contributed by atoms with Crippen LogP contribution in [-0.2, 0) is 6.54 Å². The van der Waals surface area contributed by atoms with Gasteiger partial charge in [0.15, 0.2) is 4.77 Å². The summed E-state index contributed by atoms with van der Waals surface area (Å²) >= 11 is 5.23. The van der Waals surface area contributed by atoms with Gasteiger partial charge in [0.25, 0.3) is 11.5 Å². The van der Waals surface area contributed by atoms with E-state index in [1.807, 2.05) is 18.2 Å². The van der Waals surface area contributed by atoms with E-state index in [2.05, 4.69) is 16.9 Å². The molecule has 0 saturated heterocycles. The Kier molecular flexibility index (Phi) is 6.46. The van der Waals surface area contributed by atoms with Gasteiger partial charge >= 0.3 is 0 Å². The Morgan fingerprint density at radius 3 is 2.83 bits per heavy atom. The molecule has 0 saturated carbocycles. The molecular formula is C21H21N3O4S. The molecule has 7 nitrogen and oxygen atoms in total. The molecule has 1 aromatic heterocycles. The van der Waals surface area contributed by atoms with E-state index in [9.17, 15) is 9.59 Å². The Morgan fingerprint density at radius 1 is 1.28 bits per heavy atom. The third-order valence-electron chi connectivity index (χ3n) is 4.25. The average Bonchev–Trinajstić information content (AvgIpc) is 2.73. The fourth-order valence-electron chi connectivity index (χ4n) is 2.82. The van der Waals surface area contributed by atoms with Crippen LogP contribution in [-0.4, -0.2) is 35.7 Å². The molecule has 0 aliphatic carbocycles. The lowest BCUT2D eigenvalue weighted by Crippen LogP contribution is -2.28. The second kappa shape index (κ2) is 9.20. The number of rotatable bonds is 8. The monoisotopic (exact) mass is 411 g/mol. The molecule has 8 heteroatoms. The van der Waals surface area contributed by atoms with Crippen LogP contribution in [0.5, 0.6) is 11.5 Å². The van der Waals surface area contributed by atoms with Gasteiger partial charge in [-0.05, 0) is 42.5 Å². The van der Waals surface area contributed by atoms with E-state index in [4.69, 9.17) is 21.7 Å². The molecular weight excluding hydrogens is 390 g/mol. The number of aromatic amines is 1. The Balaban J connectivity index is 1.66. The summed E-state index contributed by atoms with van der Waals surface area (Å²) in [6.45, 7) is 4.58. The van der Waals surface area contributed by atoms with E-state index >= 15 is 0 Å². The maximum absolute atomic E-state index is 12.5. The van der Waals surface area contributed by atoms with Crippen molar-refractivity contribution in [3.8, 4) is 11.5 Å². The first-order valence-electron chi connectivity index (χ1n) is 8.96. The van der Waals surface area contributed by atoms with Crippen molar-refractivity contribution in [2.45, 2.75) is 6.54 Å². The van der Waals surface area contributed by atoms with Gasteiger partial charge in [-0.2, -0.15) is 0 Å². The maximum atomic E-state index is 12.5. The summed E-state index contributed by atoms with van der Waals surface area (Å²) in [7, 11) is 1.59. The highest BCUT2D eigenvalue weighted by Gasteiger charge is 2.10. The normalized spacial score (nSPS) is 10.5. The number of nitrogens with one attached hydrogen (secondary N) is 2. The van der Waals surface area contributed by atoms with Gasteiger partial charge in [0.1, 0.15) is 18.1 Å². The molecule has 1 amide bonds. The first-order valence-corrected chi connectivity index (χ1v) is 9.37. The van der Waals surface area contributed by atoms with Gasteiger partial charge in [0.05, 0.1) is 24.6 Å². The fraction of sp³-hybridized carbons (Fsp3) is 0.190. The SMILES string of the molecule is C=CCn1c(=S)[nH]c2cc(C(=O)NCCOc3cccc(OC)c3)ccc2c1=O. The van der Waals surface area contributed by atoms with Crippen molar-refractivity contribution in [2.75, 3.05) is 20.3 Å². The summed E-state index contributed by atoms with van der Waals surface area (Å²) in [4.78, 5) is 27.9. The van der Waals surface area contributed by atoms with Crippen LogP contribution in [0.2, 0.25) is 0 Å². The number of aromatic nitrogens is 2. The van der Waals surface area contributed by atoms with Crippen molar-refractivity contribution in [3.63, 3.8) is 0 Å². The second-order valence-corrected chi connectivity index (χ2v) is 6.56. The zero-order valence-electron chi connectivity index (χ0n) is 15.9. The maximum Gasteiger partial charge on any atom is 0.262 e. The number of benzene rings is 2. The van der Waals surface area contributed by atoms with Crippen molar-refractivity contribution in [1.29, 1.82) is 0 Å². The molecule has 0 unspecified atom stereocenters. The number of amides is 1. The van der Waals surface area contributed by atoms with Crippen LogP contribution in [0, 0.1) is 4.77 Å². The topological polar surface area (TPSA) is 85.3 Å². The lowest BCUT2D eigenvalue weighted by Gasteiger charge is -2.10. The molecule has 0 bridgehead atoms. The van der Waals surface area contributed by atoms with Crippen LogP contribution < -0.4 is 20.3 Å². The molecule has 3 rings (SSSR count). The minimum atomic E-state index is -0.268. The lowest BCUT2D eigenvalue weighted by atomic mass is 10.1. The molecule has 3 aromatic rings. The Bertz CT molecular complexity index is 1170. The zero-order chi connectivity index (χ0) is 20.8. The predicted octanol–water partition coefficient (Wildman–Crippen LogP) is 3.06. The van der Waals surface area contributed by atoms with Crippen LogP contribution in [0.4, 0.5) is 0 Å². The van der Waals surface area contributed by atoms with Gasteiger partial charge in [0.2, 0.25) is 0 Å². The second-order valence-electron chi connectivity index (χ2n) is 6.18. The third kappa shape index (κ3) is 4.72. The van der Waals surface area contributed by atoms with Crippen molar-refractivity contribution < 1.29 is 14.3 Å². The van der Waals surface area contributed by atoms with Crippen LogP contribution in [0.15, 0.2) is 59.9 Å². The highest BCUT2D eigenvalue weighted by Crippen LogP contribution is 2.18. The standard InChI is InChI=1S/C21H21N3O4S/c1-3-10-24-20(26)17-8-7-14(12-18(17)23-21(24)29)19(25)22-9-11-28-16-6-4-5-15(13-16)27-2/h3-8,12-13H,1,9-11H2,2H3,(H,22,25)(H,23,29). The fourth-order valence-corrected chi connectivity index (χ4v) is 3.08. The smallest absolute Gasteiger partial charge is 0.262 e. The first kappa shape index (κ1) is 20.3. The van der Waals surface area contributed by atoms with Crippen molar-refractivity contribution >= 4 is 29.0 Å². The summed E-state index contributed by atoms with van der Waals surface area (Å²) in [5, 5.41) is 3.25. The number of nitrogens with zero attached hydrogens (tertiary/aromatic N) is 1. The number of methoxy groups -OCH3 is 1. The average molecular weight is 411 g/mol. The highest BCUT2D eigenvalue weighted by atomic mass is 32.1. The molecule has 0 aliphatic heterocycles. The van der Waals surface area contributed by atoms with Crippen LogP contribution in [0.25, 0.3) is 10.9 Å². The molecule has 0 fully saturated rings. The Morgan fingerprint density at radius 2 is 2.07 bits per heavy atom. The number of carbonyl (C=O) groups is 1. The van der Waals surface area contributed by atoms with E-state index in [1.165, 1.54) is 4.57 Å². The minimum Gasteiger partial charge on any atom is -0.497 e. The molecule has 0 aliphatic rings. The Labute approximate surface area is 172 Å². The Hall–Kier alpha value is -3.39. The molecule has 0 atom stereocenters. The lowest BCUT2D eigenvalue weighted by molar-refractivity contribution is 0.0947.